The minimum atomic E-state index is 0.546. The maximum absolute atomic E-state index is 4.38. The summed E-state index contributed by atoms with van der Waals surface area (Å²) in [4.78, 5) is 4.38. The normalized spacial score (nSPS) is 12.2. The average molecular weight is 297 g/mol. The molecule has 0 aromatic carbocycles. The summed E-state index contributed by atoms with van der Waals surface area (Å²) in [7, 11) is 0. The molecule has 0 aliphatic rings. The summed E-state index contributed by atoms with van der Waals surface area (Å²) >= 11 is 3.40. The molecule has 1 heterocycles. The lowest BCUT2D eigenvalue weighted by Gasteiger charge is -2.12. The van der Waals surface area contributed by atoms with E-state index in [0.29, 0.717) is 5.92 Å². The Labute approximate surface area is 113 Å². The van der Waals surface area contributed by atoms with Crippen LogP contribution in [0.3, 0.4) is 0 Å². The van der Waals surface area contributed by atoms with Crippen molar-refractivity contribution in [2.75, 3.05) is 13.1 Å². The molecule has 3 heteroatoms. The number of halogens is 1. The molecular formula is C14H21BrN2. The first-order valence-corrected chi connectivity index (χ1v) is 6.95. The molecule has 1 aromatic rings. The predicted octanol–water partition coefficient (Wildman–Crippen LogP) is 3.88. The number of pyridine rings is 1. The van der Waals surface area contributed by atoms with Gasteiger partial charge in [0, 0.05) is 17.2 Å². The van der Waals surface area contributed by atoms with Gasteiger partial charge in [0.05, 0.1) is 5.69 Å². The van der Waals surface area contributed by atoms with Gasteiger partial charge in [0.15, 0.2) is 0 Å². The van der Waals surface area contributed by atoms with Crippen LogP contribution in [0.4, 0.5) is 0 Å². The molecule has 0 amide bonds. The fourth-order valence-corrected chi connectivity index (χ4v) is 1.73. The van der Waals surface area contributed by atoms with E-state index in [1.165, 1.54) is 12.0 Å². The monoisotopic (exact) mass is 296 g/mol. The number of aromatic nitrogens is 1. The Hall–Kier alpha value is -0.670. The number of rotatable bonds is 6. The molecule has 0 aliphatic carbocycles. The van der Waals surface area contributed by atoms with E-state index in [9.17, 15) is 0 Å². The van der Waals surface area contributed by atoms with Gasteiger partial charge >= 0.3 is 0 Å². The van der Waals surface area contributed by atoms with Crippen molar-refractivity contribution in [1.82, 2.24) is 10.3 Å². The summed E-state index contributed by atoms with van der Waals surface area (Å²) in [5.41, 5.74) is 2.42. The molecule has 0 atom stereocenters. The zero-order valence-electron chi connectivity index (χ0n) is 10.8. The summed E-state index contributed by atoms with van der Waals surface area (Å²) in [6.07, 6.45) is 5.19. The van der Waals surface area contributed by atoms with Crippen molar-refractivity contribution in [2.24, 2.45) is 5.92 Å². The molecule has 0 saturated heterocycles. The zero-order valence-corrected chi connectivity index (χ0v) is 12.4. The van der Waals surface area contributed by atoms with Gasteiger partial charge in [-0.05, 0) is 53.0 Å². The lowest BCUT2D eigenvalue weighted by molar-refractivity contribution is 0.656. The van der Waals surface area contributed by atoms with Crippen LogP contribution in [-0.4, -0.2) is 18.1 Å². The highest BCUT2D eigenvalue weighted by atomic mass is 79.9. The third kappa shape index (κ3) is 5.46. The van der Waals surface area contributed by atoms with Crippen LogP contribution in [0, 0.1) is 5.92 Å². The van der Waals surface area contributed by atoms with E-state index in [1.807, 2.05) is 18.3 Å². The van der Waals surface area contributed by atoms with Gasteiger partial charge in [0.25, 0.3) is 0 Å². The molecule has 0 fully saturated rings. The Morgan fingerprint density at radius 3 is 2.76 bits per heavy atom. The Bertz CT molecular complexity index is 355. The fraction of sp³-hybridized carbons (Fsp3) is 0.500. The van der Waals surface area contributed by atoms with Crippen LogP contribution in [0.25, 0.3) is 6.08 Å². The number of nitrogens with zero attached hydrogens (tertiary/aromatic N) is 1. The molecule has 0 radical (unpaired) electrons. The Balaban J connectivity index is 2.71. The summed E-state index contributed by atoms with van der Waals surface area (Å²) in [5, 5.41) is 3.44. The van der Waals surface area contributed by atoms with E-state index in [2.05, 4.69) is 53.1 Å². The third-order valence-corrected chi connectivity index (χ3v) is 3.05. The van der Waals surface area contributed by atoms with Crippen LogP contribution in [0.15, 0.2) is 28.4 Å². The van der Waals surface area contributed by atoms with E-state index < -0.39 is 0 Å². The molecule has 0 saturated carbocycles. The van der Waals surface area contributed by atoms with Gasteiger partial charge < -0.3 is 5.32 Å². The van der Waals surface area contributed by atoms with Gasteiger partial charge in [0.2, 0.25) is 0 Å². The molecule has 0 bridgehead atoms. The SMILES string of the molecule is CCCNC/C(=C/c1ccc(Br)cn1)C(C)C. The quantitative estimate of drug-likeness (QED) is 0.806. The van der Waals surface area contributed by atoms with Crippen molar-refractivity contribution < 1.29 is 0 Å². The Kier molecular flexibility index (Phi) is 6.45. The van der Waals surface area contributed by atoms with Crippen LogP contribution in [-0.2, 0) is 0 Å². The average Bonchev–Trinajstić information content (AvgIpc) is 2.30. The van der Waals surface area contributed by atoms with Crippen molar-refractivity contribution in [3.8, 4) is 0 Å². The maximum atomic E-state index is 4.38. The van der Waals surface area contributed by atoms with Crippen molar-refractivity contribution >= 4 is 22.0 Å². The smallest absolute Gasteiger partial charge is 0.0630 e. The van der Waals surface area contributed by atoms with Crippen molar-refractivity contribution in [3.05, 3.63) is 34.1 Å². The second-order valence-electron chi connectivity index (χ2n) is 4.45. The van der Waals surface area contributed by atoms with Crippen LogP contribution < -0.4 is 5.32 Å². The summed E-state index contributed by atoms with van der Waals surface area (Å²) in [6, 6.07) is 4.06. The molecule has 0 unspecified atom stereocenters. The number of hydrogen-bond acceptors (Lipinski definition) is 2. The second kappa shape index (κ2) is 7.62. The molecule has 17 heavy (non-hydrogen) atoms. The highest BCUT2D eigenvalue weighted by Crippen LogP contribution is 2.14. The van der Waals surface area contributed by atoms with Gasteiger partial charge in [-0.15, -0.1) is 0 Å². The highest BCUT2D eigenvalue weighted by Gasteiger charge is 2.03. The minimum absolute atomic E-state index is 0.546. The summed E-state index contributed by atoms with van der Waals surface area (Å²) in [6.45, 7) is 8.64. The molecule has 1 N–H and O–H groups in total. The summed E-state index contributed by atoms with van der Waals surface area (Å²) in [5.74, 6) is 0.546. The first-order chi connectivity index (χ1) is 8.13. The molecule has 0 aliphatic heterocycles. The van der Waals surface area contributed by atoms with Crippen molar-refractivity contribution in [3.63, 3.8) is 0 Å². The molecule has 0 spiro atoms. The van der Waals surface area contributed by atoms with E-state index in [-0.39, 0.29) is 0 Å². The number of hydrogen-bond donors (Lipinski definition) is 1. The van der Waals surface area contributed by atoms with E-state index >= 15 is 0 Å². The van der Waals surface area contributed by atoms with E-state index in [0.717, 1.165) is 23.3 Å². The topological polar surface area (TPSA) is 24.9 Å². The van der Waals surface area contributed by atoms with Crippen LogP contribution in [0.1, 0.15) is 32.9 Å². The second-order valence-corrected chi connectivity index (χ2v) is 5.37. The number of nitrogens with one attached hydrogen (secondary N) is 1. The molecule has 94 valence electrons. The van der Waals surface area contributed by atoms with Crippen LogP contribution in [0.5, 0.6) is 0 Å². The fourth-order valence-electron chi connectivity index (χ4n) is 1.49. The first-order valence-electron chi connectivity index (χ1n) is 6.16. The van der Waals surface area contributed by atoms with E-state index in [1.54, 1.807) is 0 Å². The Morgan fingerprint density at radius 2 is 2.24 bits per heavy atom. The van der Waals surface area contributed by atoms with Gasteiger partial charge in [-0.1, -0.05) is 26.3 Å². The lowest BCUT2D eigenvalue weighted by atomic mass is 10.0. The van der Waals surface area contributed by atoms with Gasteiger partial charge in [0.1, 0.15) is 0 Å². The Morgan fingerprint density at radius 1 is 1.47 bits per heavy atom. The standard InChI is InChI=1S/C14H21BrN2/c1-4-7-16-9-12(11(2)3)8-14-6-5-13(15)10-17-14/h5-6,8,10-11,16H,4,7,9H2,1-3H3/b12-8-. The van der Waals surface area contributed by atoms with Gasteiger partial charge in [-0.2, -0.15) is 0 Å². The maximum Gasteiger partial charge on any atom is 0.0630 e. The molecule has 1 rings (SSSR count). The highest BCUT2D eigenvalue weighted by molar-refractivity contribution is 9.10. The zero-order chi connectivity index (χ0) is 12.7. The van der Waals surface area contributed by atoms with Crippen molar-refractivity contribution in [1.29, 1.82) is 0 Å². The molecular weight excluding hydrogens is 276 g/mol. The first kappa shape index (κ1) is 14.4. The van der Waals surface area contributed by atoms with Crippen molar-refractivity contribution in [2.45, 2.75) is 27.2 Å². The van der Waals surface area contributed by atoms with E-state index in [4.69, 9.17) is 0 Å². The lowest BCUT2D eigenvalue weighted by Crippen LogP contribution is -2.20. The van der Waals surface area contributed by atoms with Gasteiger partial charge in [-0.3, -0.25) is 4.98 Å². The predicted molar refractivity (Wildman–Crippen MR) is 77.9 cm³/mol. The third-order valence-electron chi connectivity index (χ3n) is 2.58. The minimum Gasteiger partial charge on any atom is -0.313 e. The summed E-state index contributed by atoms with van der Waals surface area (Å²) < 4.78 is 1.02. The van der Waals surface area contributed by atoms with Crippen LogP contribution in [0.2, 0.25) is 0 Å². The van der Waals surface area contributed by atoms with Crippen LogP contribution >= 0.6 is 15.9 Å². The largest absolute Gasteiger partial charge is 0.313 e. The molecule has 1 aromatic heterocycles. The van der Waals surface area contributed by atoms with Gasteiger partial charge in [-0.25, -0.2) is 0 Å². The molecule has 2 nitrogen and oxygen atoms in total.